The van der Waals surface area contributed by atoms with Gasteiger partial charge in [-0.3, -0.25) is 4.79 Å². The molecule has 1 unspecified atom stereocenters. The van der Waals surface area contributed by atoms with E-state index in [2.05, 4.69) is 12.2 Å². The van der Waals surface area contributed by atoms with Crippen molar-refractivity contribution in [3.8, 4) is 5.75 Å². The molecule has 152 valence electrons. The van der Waals surface area contributed by atoms with Gasteiger partial charge in [0.15, 0.2) is 0 Å². The fraction of sp³-hybridized carbons (Fsp3) is 0.619. The van der Waals surface area contributed by atoms with Crippen molar-refractivity contribution in [3.63, 3.8) is 0 Å². The number of carbonyl (C=O) groups excluding carboxylic acids is 2. The Morgan fingerprint density at radius 3 is 2.44 bits per heavy atom. The minimum absolute atomic E-state index is 0.243. The molecule has 0 aliphatic heterocycles. The average Bonchev–Trinajstić information content (AvgIpc) is 2.66. The number of hydrogen-bond acceptors (Lipinski definition) is 5. The fourth-order valence-electron chi connectivity index (χ4n) is 2.54. The van der Waals surface area contributed by atoms with Crippen molar-refractivity contribution >= 4 is 17.6 Å². The van der Waals surface area contributed by atoms with Crippen LogP contribution >= 0.6 is 0 Å². The number of carbonyl (C=O) groups is 2. The SMILES string of the molecule is CCCCCC(C)(OC)C(=O)Nc1ccc(OCC(C)C)c(C(=O)OC)c1. The molecular formula is C21H33NO5. The van der Waals surface area contributed by atoms with Crippen LogP contribution in [0.2, 0.25) is 0 Å². The van der Waals surface area contributed by atoms with Gasteiger partial charge in [-0.15, -0.1) is 0 Å². The Morgan fingerprint density at radius 2 is 1.89 bits per heavy atom. The first-order valence-electron chi connectivity index (χ1n) is 9.49. The van der Waals surface area contributed by atoms with Crippen molar-refractivity contribution in [1.82, 2.24) is 0 Å². The Labute approximate surface area is 162 Å². The minimum Gasteiger partial charge on any atom is -0.492 e. The molecule has 0 saturated heterocycles. The van der Waals surface area contributed by atoms with Crippen molar-refractivity contribution in [2.24, 2.45) is 5.92 Å². The van der Waals surface area contributed by atoms with Gasteiger partial charge in [-0.1, -0.05) is 40.0 Å². The highest BCUT2D eigenvalue weighted by atomic mass is 16.5. The predicted octanol–water partition coefficient (Wildman–Crippen LogP) is 4.43. The zero-order valence-electron chi connectivity index (χ0n) is 17.4. The van der Waals surface area contributed by atoms with Crippen LogP contribution in [0.3, 0.4) is 0 Å². The van der Waals surface area contributed by atoms with Gasteiger partial charge in [0, 0.05) is 12.8 Å². The second-order valence-corrected chi connectivity index (χ2v) is 7.25. The first kappa shape index (κ1) is 23.0. The van der Waals surface area contributed by atoms with E-state index in [1.54, 1.807) is 25.1 Å². The maximum Gasteiger partial charge on any atom is 0.341 e. The van der Waals surface area contributed by atoms with Crippen molar-refractivity contribution in [2.45, 2.75) is 59.0 Å². The summed E-state index contributed by atoms with van der Waals surface area (Å²) in [6, 6.07) is 4.95. The summed E-state index contributed by atoms with van der Waals surface area (Å²) < 4.78 is 16.0. The molecule has 6 heteroatoms. The van der Waals surface area contributed by atoms with Crippen LogP contribution in [0.4, 0.5) is 5.69 Å². The summed E-state index contributed by atoms with van der Waals surface area (Å²) in [5.41, 5.74) is -0.148. The van der Waals surface area contributed by atoms with E-state index in [0.29, 0.717) is 30.4 Å². The quantitative estimate of drug-likeness (QED) is 0.455. The Hall–Kier alpha value is -2.08. The maximum absolute atomic E-state index is 12.7. The third-order valence-electron chi connectivity index (χ3n) is 4.40. The maximum atomic E-state index is 12.7. The molecule has 0 aromatic heterocycles. The van der Waals surface area contributed by atoms with Crippen LogP contribution in [0.15, 0.2) is 18.2 Å². The highest BCUT2D eigenvalue weighted by molar-refractivity contribution is 5.99. The van der Waals surface area contributed by atoms with Crippen molar-refractivity contribution < 1.29 is 23.8 Å². The average molecular weight is 379 g/mol. The van der Waals surface area contributed by atoms with E-state index in [9.17, 15) is 9.59 Å². The Balaban J connectivity index is 2.98. The number of unbranched alkanes of at least 4 members (excludes halogenated alkanes) is 2. The number of methoxy groups -OCH3 is 2. The molecule has 1 aromatic rings. The van der Waals surface area contributed by atoms with E-state index in [0.717, 1.165) is 19.3 Å². The lowest BCUT2D eigenvalue weighted by molar-refractivity contribution is -0.136. The highest BCUT2D eigenvalue weighted by Crippen LogP contribution is 2.26. The first-order chi connectivity index (χ1) is 12.8. The van der Waals surface area contributed by atoms with Crippen LogP contribution in [0.5, 0.6) is 5.75 Å². The fourth-order valence-corrected chi connectivity index (χ4v) is 2.54. The molecule has 6 nitrogen and oxygen atoms in total. The number of anilines is 1. The van der Waals surface area contributed by atoms with Crippen LogP contribution < -0.4 is 10.1 Å². The van der Waals surface area contributed by atoms with E-state index >= 15 is 0 Å². The van der Waals surface area contributed by atoms with Gasteiger partial charge < -0.3 is 19.5 Å². The van der Waals surface area contributed by atoms with Gasteiger partial charge in [-0.2, -0.15) is 0 Å². The molecule has 0 spiro atoms. The number of hydrogen-bond donors (Lipinski definition) is 1. The molecule has 0 fully saturated rings. The lowest BCUT2D eigenvalue weighted by Crippen LogP contribution is -2.42. The monoisotopic (exact) mass is 379 g/mol. The Kier molecular flexibility index (Phi) is 9.29. The van der Waals surface area contributed by atoms with Crippen molar-refractivity contribution in [3.05, 3.63) is 23.8 Å². The summed E-state index contributed by atoms with van der Waals surface area (Å²) in [5.74, 6) is 0.00137. The molecule has 0 saturated carbocycles. The van der Waals surface area contributed by atoms with Gasteiger partial charge in [0.2, 0.25) is 0 Å². The van der Waals surface area contributed by atoms with Crippen LogP contribution in [-0.2, 0) is 14.3 Å². The minimum atomic E-state index is -0.923. The zero-order valence-corrected chi connectivity index (χ0v) is 17.4. The molecule has 0 aliphatic carbocycles. The van der Waals surface area contributed by atoms with E-state index < -0.39 is 11.6 Å². The number of nitrogens with one attached hydrogen (secondary N) is 1. The second-order valence-electron chi connectivity index (χ2n) is 7.25. The Morgan fingerprint density at radius 1 is 1.19 bits per heavy atom. The highest BCUT2D eigenvalue weighted by Gasteiger charge is 2.32. The molecule has 0 heterocycles. The molecule has 1 rings (SSSR count). The van der Waals surface area contributed by atoms with Gasteiger partial charge in [0.1, 0.15) is 16.9 Å². The number of esters is 1. The normalized spacial score (nSPS) is 13.1. The smallest absolute Gasteiger partial charge is 0.341 e. The molecule has 0 bridgehead atoms. The summed E-state index contributed by atoms with van der Waals surface area (Å²) in [6.07, 6.45) is 3.65. The third kappa shape index (κ3) is 6.86. The summed E-state index contributed by atoms with van der Waals surface area (Å²) in [6.45, 7) is 8.42. The number of ether oxygens (including phenoxy) is 3. The summed E-state index contributed by atoms with van der Waals surface area (Å²) >= 11 is 0. The van der Waals surface area contributed by atoms with Gasteiger partial charge in [0.25, 0.3) is 5.91 Å². The molecule has 1 aromatic carbocycles. The van der Waals surface area contributed by atoms with Crippen molar-refractivity contribution in [1.29, 1.82) is 0 Å². The van der Waals surface area contributed by atoms with Crippen LogP contribution in [0.1, 0.15) is 63.7 Å². The largest absolute Gasteiger partial charge is 0.492 e. The number of benzene rings is 1. The van der Waals surface area contributed by atoms with Gasteiger partial charge >= 0.3 is 5.97 Å². The third-order valence-corrected chi connectivity index (χ3v) is 4.40. The molecule has 27 heavy (non-hydrogen) atoms. The number of amides is 1. The predicted molar refractivity (Wildman–Crippen MR) is 106 cm³/mol. The zero-order chi connectivity index (χ0) is 20.4. The molecule has 1 N–H and O–H groups in total. The lowest BCUT2D eigenvalue weighted by Gasteiger charge is -2.27. The summed E-state index contributed by atoms with van der Waals surface area (Å²) in [5, 5.41) is 2.84. The van der Waals surface area contributed by atoms with E-state index in [-0.39, 0.29) is 11.5 Å². The van der Waals surface area contributed by atoms with E-state index in [1.807, 2.05) is 13.8 Å². The molecule has 1 atom stereocenters. The van der Waals surface area contributed by atoms with Crippen molar-refractivity contribution in [2.75, 3.05) is 26.1 Å². The van der Waals surface area contributed by atoms with Gasteiger partial charge in [0.05, 0.1) is 13.7 Å². The van der Waals surface area contributed by atoms with E-state index in [4.69, 9.17) is 14.2 Å². The second kappa shape index (κ2) is 10.9. The molecular weight excluding hydrogens is 346 g/mol. The lowest BCUT2D eigenvalue weighted by atomic mass is 9.96. The Bertz CT molecular complexity index is 629. The molecule has 1 amide bonds. The molecule has 0 aliphatic rings. The topological polar surface area (TPSA) is 73.9 Å². The van der Waals surface area contributed by atoms with Gasteiger partial charge in [-0.05, 0) is 37.5 Å². The van der Waals surface area contributed by atoms with E-state index in [1.165, 1.54) is 14.2 Å². The summed E-state index contributed by atoms with van der Waals surface area (Å²) in [4.78, 5) is 24.8. The van der Waals surface area contributed by atoms with Crippen LogP contribution in [0, 0.1) is 5.92 Å². The van der Waals surface area contributed by atoms with Crippen LogP contribution in [-0.4, -0.2) is 38.3 Å². The molecule has 0 radical (unpaired) electrons. The van der Waals surface area contributed by atoms with Gasteiger partial charge in [-0.25, -0.2) is 4.79 Å². The number of rotatable bonds is 11. The first-order valence-corrected chi connectivity index (χ1v) is 9.49. The van der Waals surface area contributed by atoms with Crippen LogP contribution in [0.25, 0.3) is 0 Å². The summed E-state index contributed by atoms with van der Waals surface area (Å²) in [7, 11) is 2.85. The standard InChI is InChI=1S/C21H33NO5/c1-7-8-9-12-21(4,26-6)20(24)22-16-10-11-18(27-14-15(2)3)17(13-16)19(23)25-5/h10-11,13,15H,7-9,12,14H2,1-6H3,(H,22,24).